The van der Waals surface area contributed by atoms with Crippen molar-refractivity contribution in [2.45, 2.75) is 6.42 Å². The third kappa shape index (κ3) is 4.04. The molecule has 5 nitrogen and oxygen atoms in total. The molecule has 0 aromatic heterocycles. The van der Waals surface area contributed by atoms with Crippen LogP contribution in [-0.2, 0) is 9.59 Å². The Morgan fingerprint density at radius 2 is 1.92 bits per heavy atom. The average molecular weight is 348 g/mol. The van der Waals surface area contributed by atoms with Gasteiger partial charge >= 0.3 is 0 Å². The molecule has 0 spiro atoms. The van der Waals surface area contributed by atoms with Gasteiger partial charge in [-0.2, -0.15) is 0 Å². The van der Waals surface area contributed by atoms with E-state index in [1.54, 1.807) is 12.0 Å². The van der Waals surface area contributed by atoms with Crippen LogP contribution in [0.5, 0.6) is 5.75 Å². The molecule has 2 aromatic rings. The van der Waals surface area contributed by atoms with Crippen molar-refractivity contribution < 1.29 is 14.3 Å². The lowest BCUT2D eigenvalue weighted by Crippen LogP contribution is -2.33. The Morgan fingerprint density at radius 3 is 2.69 bits per heavy atom. The molecular formula is C21H20N2O3. The number of amides is 2. The average Bonchev–Trinajstić information content (AvgIpc) is 3.08. The first-order chi connectivity index (χ1) is 12.7. The van der Waals surface area contributed by atoms with E-state index in [1.807, 2.05) is 54.6 Å². The number of nitrogens with one attached hydrogen (secondary N) is 1. The summed E-state index contributed by atoms with van der Waals surface area (Å²) in [4.78, 5) is 26.2. The molecule has 2 aromatic carbocycles. The number of benzene rings is 2. The lowest BCUT2D eigenvalue weighted by atomic mass is 10.1. The molecule has 0 bridgehead atoms. The Hall–Kier alpha value is -3.26. The molecule has 1 aliphatic rings. The summed E-state index contributed by atoms with van der Waals surface area (Å²) in [6, 6.07) is 16.9. The van der Waals surface area contributed by atoms with Gasteiger partial charge in [-0.05, 0) is 24.3 Å². The molecule has 2 amide bonds. The van der Waals surface area contributed by atoms with Gasteiger partial charge in [-0.25, -0.2) is 0 Å². The van der Waals surface area contributed by atoms with Gasteiger partial charge in [0.05, 0.1) is 25.1 Å². The summed E-state index contributed by atoms with van der Waals surface area (Å²) in [5, 5.41) is 2.79. The number of hydrogen-bond acceptors (Lipinski definition) is 3. The number of anilines is 1. The molecule has 3 rings (SSSR count). The second-order valence-corrected chi connectivity index (χ2v) is 5.96. The molecule has 1 N–H and O–H groups in total. The number of nitrogens with zero attached hydrogens (tertiary/aromatic N) is 1. The Labute approximate surface area is 153 Å². The van der Waals surface area contributed by atoms with Gasteiger partial charge in [0, 0.05) is 18.7 Å². The maximum absolute atomic E-state index is 12.3. The lowest BCUT2D eigenvalue weighted by Gasteiger charge is -2.16. The van der Waals surface area contributed by atoms with E-state index < -0.39 is 0 Å². The van der Waals surface area contributed by atoms with Gasteiger partial charge in [0.25, 0.3) is 0 Å². The van der Waals surface area contributed by atoms with Crippen LogP contribution in [0.3, 0.4) is 0 Å². The molecule has 0 aliphatic carbocycles. The maximum Gasteiger partial charge on any atom is 0.227 e. The zero-order chi connectivity index (χ0) is 18.4. The molecule has 0 saturated carbocycles. The fourth-order valence-corrected chi connectivity index (χ4v) is 2.90. The number of para-hydroxylation sites is 2. The minimum Gasteiger partial charge on any atom is -0.495 e. The summed E-state index contributed by atoms with van der Waals surface area (Å²) in [5.41, 5.74) is 1.60. The molecule has 1 unspecified atom stereocenters. The fourth-order valence-electron chi connectivity index (χ4n) is 2.90. The van der Waals surface area contributed by atoms with E-state index in [0.717, 1.165) is 11.3 Å². The van der Waals surface area contributed by atoms with Crippen LogP contribution >= 0.6 is 0 Å². The summed E-state index contributed by atoms with van der Waals surface area (Å²) in [5.74, 6) is 6.08. The summed E-state index contributed by atoms with van der Waals surface area (Å²) >= 11 is 0. The number of rotatable bonds is 4. The summed E-state index contributed by atoms with van der Waals surface area (Å²) in [6.07, 6.45) is 0.223. The lowest BCUT2D eigenvalue weighted by molar-refractivity contribution is -0.126. The van der Waals surface area contributed by atoms with E-state index >= 15 is 0 Å². The van der Waals surface area contributed by atoms with Crippen molar-refractivity contribution in [2.75, 3.05) is 25.1 Å². The van der Waals surface area contributed by atoms with Crippen LogP contribution in [0.1, 0.15) is 12.0 Å². The number of methoxy groups -OCH3 is 1. The second-order valence-electron chi connectivity index (χ2n) is 5.96. The molecular weight excluding hydrogens is 328 g/mol. The monoisotopic (exact) mass is 348 g/mol. The minimum atomic E-state index is -0.351. The summed E-state index contributed by atoms with van der Waals surface area (Å²) < 4.78 is 5.24. The highest BCUT2D eigenvalue weighted by atomic mass is 16.5. The normalized spacial score (nSPS) is 16.0. The van der Waals surface area contributed by atoms with Crippen LogP contribution < -0.4 is 15.0 Å². The van der Waals surface area contributed by atoms with Gasteiger partial charge in [-0.1, -0.05) is 42.2 Å². The first-order valence-corrected chi connectivity index (χ1v) is 8.44. The minimum absolute atomic E-state index is 0.0311. The van der Waals surface area contributed by atoms with Crippen molar-refractivity contribution in [3.63, 3.8) is 0 Å². The number of carbonyl (C=O) groups excluding carboxylic acids is 2. The van der Waals surface area contributed by atoms with Gasteiger partial charge in [-0.15, -0.1) is 0 Å². The van der Waals surface area contributed by atoms with Crippen molar-refractivity contribution in [1.29, 1.82) is 0 Å². The Morgan fingerprint density at radius 1 is 1.19 bits per heavy atom. The van der Waals surface area contributed by atoms with Crippen molar-refractivity contribution in [1.82, 2.24) is 5.32 Å². The number of hydrogen-bond donors (Lipinski definition) is 1. The number of ether oxygens (including phenoxy) is 1. The van der Waals surface area contributed by atoms with Crippen molar-refractivity contribution in [2.24, 2.45) is 5.92 Å². The van der Waals surface area contributed by atoms with Crippen LogP contribution in [0.4, 0.5) is 5.69 Å². The van der Waals surface area contributed by atoms with Crippen LogP contribution in [-0.4, -0.2) is 32.0 Å². The predicted molar refractivity (Wildman–Crippen MR) is 99.8 cm³/mol. The van der Waals surface area contributed by atoms with Crippen molar-refractivity contribution in [3.05, 3.63) is 60.2 Å². The SMILES string of the molecule is COc1ccccc1C#CCNC(=O)C1CC(=O)N(c2ccccc2)C1. The van der Waals surface area contributed by atoms with E-state index in [4.69, 9.17) is 4.74 Å². The number of carbonyl (C=O) groups is 2. The van der Waals surface area contributed by atoms with Crippen LogP contribution in [0.15, 0.2) is 54.6 Å². The molecule has 1 atom stereocenters. The summed E-state index contributed by atoms with van der Waals surface area (Å²) in [6.45, 7) is 0.627. The fraction of sp³-hybridized carbons (Fsp3) is 0.238. The smallest absolute Gasteiger partial charge is 0.227 e. The third-order valence-corrected chi connectivity index (χ3v) is 4.24. The zero-order valence-corrected chi connectivity index (χ0v) is 14.6. The molecule has 26 heavy (non-hydrogen) atoms. The first kappa shape index (κ1) is 17.6. The van der Waals surface area contributed by atoms with Crippen LogP contribution in [0.25, 0.3) is 0 Å². The van der Waals surface area contributed by atoms with Crippen LogP contribution in [0, 0.1) is 17.8 Å². The van der Waals surface area contributed by atoms with E-state index in [-0.39, 0.29) is 30.7 Å². The third-order valence-electron chi connectivity index (χ3n) is 4.24. The van der Waals surface area contributed by atoms with Gasteiger partial charge in [0.2, 0.25) is 11.8 Å². The Bertz CT molecular complexity index is 852. The first-order valence-electron chi connectivity index (χ1n) is 8.44. The Balaban J connectivity index is 1.55. The van der Waals surface area contributed by atoms with Gasteiger partial charge in [-0.3, -0.25) is 9.59 Å². The topological polar surface area (TPSA) is 58.6 Å². The maximum atomic E-state index is 12.3. The van der Waals surface area contributed by atoms with Crippen molar-refractivity contribution >= 4 is 17.5 Å². The van der Waals surface area contributed by atoms with E-state index in [0.29, 0.717) is 12.3 Å². The standard InChI is InChI=1S/C21H20N2O3/c1-26-19-12-6-5-8-16(19)9-7-13-22-21(25)17-14-20(24)23(15-17)18-10-3-2-4-11-18/h2-6,8,10-12,17H,13-15H2,1H3,(H,22,25). The highest BCUT2D eigenvalue weighted by molar-refractivity contribution is 6.00. The molecule has 1 aliphatic heterocycles. The second kappa shape index (κ2) is 8.21. The largest absolute Gasteiger partial charge is 0.495 e. The predicted octanol–water partition coefficient (Wildman–Crippen LogP) is 2.22. The van der Waals surface area contributed by atoms with E-state index in [2.05, 4.69) is 17.2 Å². The molecule has 1 saturated heterocycles. The van der Waals surface area contributed by atoms with Crippen LogP contribution in [0.2, 0.25) is 0 Å². The van der Waals surface area contributed by atoms with E-state index in [9.17, 15) is 9.59 Å². The van der Waals surface area contributed by atoms with Gasteiger partial charge < -0.3 is 15.0 Å². The molecule has 132 valence electrons. The molecule has 5 heteroatoms. The quantitative estimate of drug-likeness (QED) is 0.862. The highest BCUT2D eigenvalue weighted by Crippen LogP contribution is 2.24. The van der Waals surface area contributed by atoms with Gasteiger partial charge in [0.15, 0.2) is 0 Å². The van der Waals surface area contributed by atoms with E-state index in [1.165, 1.54) is 0 Å². The molecule has 1 fully saturated rings. The Kier molecular flexibility index (Phi) is 5.55. The highest BCUT2D eigenvalue weighted by Gasteiger charge is 2.34. The molecule has 0 radical (unpaired) electrons. The van der Waals surface area contributed by atoms with Gasteiger partial charge in [0.1, 0.15) is 5.75 Å². The van der Waals surface area contributed by atoms with Crippen molar-refractivity contribution in [3.8, 4) is 17.6 Å². The summed E-state index contributed by atoms with van der Waals surface area (Å²) in [7, 11) is 1.60. The molecule has 1 heterocycles. The zero-order valence-electron chi connectivity index (χ0n) is 14.6.